The third kappa shape index (κ3) is 5.59. The zero-order valence-corrected chi connectivity index (χ0v) is 21.0. The number of halogens is 3. The second kappa shape index (κ2) is 9.87. The number of ether oxygens (including phenoxy) is 1. The smallest absolute Gasteiger partial charge is 0.416 e. The van der Waals surface area contributed by atoms with E-state index in [0.29, 0.717) is 11.3 Å². The third-order valence-corrected chi connectivity index (χ3v) is 6.83. The molecule has 4 aromatic rings. The van der Waals surface area contributed by atoms with E-state index in [4.69, 9.17) is 9.88 Å². The number of hydrogen-bond donors (Lipinski definition) is 1. The summed E-state index contributed by atoms with van der Waals surface area (Å²) in [4.78, 5) is 9.61. The van der Waals surface area contributed by atoms with Crippen LogP contribution in [0.25, 0.3) is 11.3 Å². The minimum Gasteiger partial charge on any atom is -0.497 e. The monoisotopic (exact) mass is 531 g/mol. The summed E-state index contributed by atoms with van der Waals surface area (Å²) in [5, 5.41) is 5.73. The number of imidazole rings is 1. The lowest BCUT2D eigenvalue weighted by Crippen LogP contribution is -2.20. The molecular formula is C25H24F3N5O3S. The van der Waals surface area contributed by atoms with Crippen LogP contribution in [0.2, 0.25) is 0 Å². The molecule has 0 aliphatic rings. The van der Waals surface area contributed by atoms with Crippen LogP contribution < -0.4 is 14.8 Å². The van der Waals surface area contributed by atoms with Gasteiger partial charge in [0.05, 0.1) is 35.3 Å². The van der Waals surface area contributed by atoms with Gasteiger partial charge in [-0.05, 0) is 47.9 Å². The summed E-state index contributed by atoms with van der Waals surface area (Å²) >= 11 is 0. The molecule has 2 N–H and O–H groups in total. The molecule has 2 heterocycles. The van der Waals surface area contributed by atoms with Crippen LogP contribution in [0.1, 0.15) is 16.7 Å². The average Bonchev–Trinajstić information content (AvgIpc) is 3.28. The lowest BCUT2D eigenvalue weighted by atomic mass is 9.99. The van der Waals surface area contributed by atoms with E-state index < -0.39 is 21.8 Å². The van der Waals surface area contributed by atoms with Gasteiger partial charge in [0, 0.05) is 32.1 Å². The van der Waals surface area contributed by atoms with Gasteiger partial charge in [0.15, 0.2) is 0 Å². The Hall–Kier alpha value is -3.90. The largest absolute Gasteiger partial charge is 0.497 e. The molecule has 0 unspecified atom stereocenters. The standard InChI is InChI=1S/C25H24F3N5O3S/c1-32-14-20(31-15-32)23-21(33(2)22-13-18(10-11-30-22)25(26,27)28)9-6-17(24(23)37(29,34)35)12-16-4-7-19(36-3)8-5-16/h4-11,13-15H,12H2,1-3H3,(H2,29,34,35). The summed E-state index contributed by atoms with van der Waals surface area (Å²) in [6.45, 7) is 0. The predicted molar refractivity (Wildman–Crippen MR) is 133 cm³/mol. The average molecular weight is 532 g/mol. The van der Waals surface area contributed by atoms with Crippen molar-refractivity contribution in [1.29, 1.82) is 0 Å². The van der Waals surface area contributed by atoms with Crippen LogP contribution >= 0.6 is 0 Å². The van der Waals surface area contributed by atoms with Gasteiger partial charge in [0.25, 0.3) is 0 Å². The van der Waals surface area contributed by atoms with Gasteiger partial charge in [0.1, 0.15) is 11.6 Å². The van der Waals surface area contributed by atoms with E-state index in [2.05, 4.69) is 9.97 Å². The molecule has 0 saturated heterocycles. The summed E-state index contributed by atoms with van der Waals surface area (Å²) in [5.74, 6) is 0.616. The molecule has 8 nitrogen and oxygen atoms in total. The van der Waals surface area contributed by atoms with Gasteiger partial charge >= 0.3 is 6.18 Å². The lowest BCUT2D eigenvalue weighted by Gasteiger charge is -2.24. The molecule has 0 radical (unpaired) electrons. The molecule has 12 heteroatoms. The summed E-state index contributed by atoms with van der Waals surface area (Å²) in [5.41, 5.74) is 1.05. The Morgan fingerprint density at radius 3 is 2.35 bits per heavy atom. The first-order valence-corrected chi connectivity index (χ1v) is 12.5. The van der Waals surface area contributed by atoms with E-state index in [-0.39, 0.29) is 34.1 Å². The SMILES string of the molecule is COc1ccc(Cc2ccc(N(C)c3cc(C(F)(F)F)ccn3)c(-c3cn(C)cn3)c2S(N)(=O)=O)cc1. The molecule has 194 valence electrons. The maximum absolute atomic E-state index is 13.3. The summed E-state index contributed by atoms with van der Waals surface area (Å²) in [6.07, 6.45) is -0.200. The minimum absolute atomic E-state index is 0.0321. The van der Waals surface area contributed by atoms with Gasteiger partial charge in [-0.15, -0.1) is 0 Å². The molecule has 0 spiro atoms. The Bertz CT molecular complexity index is 1530. The lowest BCUT2D eigenvalue weighted by molar-refractivity contribution is -0.137. The molecule has 0 atom stereocenters. The highest BCUT2D eigenvalue weighted by Gasteiger charge is 2.32. The van der Waals surface area contributed by atoms with Crippen molar-refractivity contribution in [1.82, 2.24) is 14.5 Å². The number of primary sulfonamides is 1. The van der Waals surface area contributed by atoms with Gasteiger partial charge < -0.3 is 14.2 Å². The van der Waals surface area contributed by atoms with Crippen LogP contribution in [-0.4, -0.2) is 37.1 Å². The number of rotatable bonds is 7. The van der Waals surface area contributed by atoms with Crippen molar-refractivity contribution in [3.8, 4) is 17.0 Å². The zero-order valence-electron chi connectivity index (χ0n) is 20.2. The topological polar surface area (TPSA) is 103 Å². The first kappa shape index (κ1) is 26.2. The highest BCUT2D eigenvalue weighted by atomic mass is 32.2. The fourth-order valence-corrected chi connectivity index (χ4v) is 5.01. The Balaban J connectivity index is 1.93. The fraction of sp³-hybridized carbons (Fsp3) is 0.200. The highest BCUT2D eigenvalue weighted by molar-refractivity contribution is 7.89. The van der Waals surface area contributed by atoms with E-state index in [1.165, 1.54) is 18.3 Å². The number of pyridine rings is 1. The molecule has 0 amide bonds. The van der Waals surface area contributed by atoms with E-state index in [9.17, 15) is 21.6 Å². The van der Waals surface area contributed by atoms with Gasteiger partial charge in [-0.3, -0.25) is 0 Å². The number of nitrogens with zero attached hydrogens (tertiary/aromatic N) is 4. The van der Waals surface area contributed by atoms with Crippen molar-refractivity contribution in [2.75, 3.05) is 19.1 Å². The number of alkyl halides is 3. The predicted octanol–water partition coefficient (Wildman–Crippen LogP) is 4.52. The molecule has 0 bridgehead atoms. The van der Waals surface area contributed by atoms with Crippen LogP contribution in [0.4, 0.5) is 24.7 Å². The molecule has 37 heavy (non-hydrogen) atoms. The molecular weight excluding hydrogens is 507 g/mol. The number of nitrogens with two attached hydrogens (primary N) is 1. The van der Waals surface area contributed by atoms with Crippen LogP contribution in [0.3, 0.4) is 0 Å². The van der Waals surface area contributed by atoms with Crippen molar-refractivity contribution < 1.29 is 26.3 Å². The van der Waals surface area contributed by atoms with E-state index >= 15 is 0 Å². The van der Waals surface area contributed by atoms with Crippen LogP contribution in [-0.2, 0) is 29.7 Å². The number of anilines is 2. The number of hydrogen-bond acceptors (Lipinski definition) is 6. The Labute approximate surface area is 212 Å². The van der Waals surface area contributed by atoms with Crippen molar-refractivity contribution in [2.45, 2.75) is 17.5 Å². The third-order valence-electron chi connectivity index (χ3n) is 5.79. The fourth-order valence-electron chi connectivity index (χ4n) is 4.01. The quantitative estimate of drug-likeness (QED) is 0.376. The molecule has 2 aromatic carbocycles. The van der Waals surface area contributed by atoms with Crippen LogP contribution in [0, 0.1) is 0 Å². The molecule has 2 aromatic heterocycles. The summed E-state index contributed by atoms with van der Waals surface area (Å²) in [6, 6.07) is 12.1. The van der Waals surface area contributed by atoms with Gasteiger partial charge in [0.2, 0.25) is 10.0 Å². The number of aryl methyl sites for hydroxylation is 1. The summed E-state index contributed by atoms with van der Waals surface area (Å²) in [7, 11) is 0.451. The Morgan fingerprint density at radius 2 is 1.78 bits per heavy atom. The molecule has 0 saturated carbocycles. The molecule has 0 aliphatic heterocycles. The van der Waals surface area contributed by atoms with Crippen LogP contribution in [0.5, 0.6) is 5.75 Å². The van der Waals surface area contributed by atoms with E-state index in [0.717, 1.165) is 23.9 Å². The maximum atomic E-state index is 13.3. The molecule has 0 aliphatic carbocycles. The van der Waals surface area contributed by atoms with E-state index in [1.807, 2.05) is 0 Å². The first-order valence-electron chi connectivity index (χ1n) is 11.0. The van der Waals surface area contributed by atoms with Crippen molar-refractivity contribution in [3.63, 3.8) is 0 Å². The number of methoxy groups -OCH3 is 1. The number of benzene rings is 2. The normalized spacial score (nSPS) is 12.0. The van der Waals surface area contributed by atoms with Crippen molar-refractivity contribution >= 4 is 21.5 Å². The maximum Gasteiger partial charge on any atom is 0.416 e. The van der Waals surface area contributed by atoms with E-state index in [1.54, 1.807) is 61.3 Å². The van der Waals surface area contributed by atoms with Gasteiger partial charge in [-0.1, -0.05) is 18.2 Å². The second-order valence-corrected chi connectivity index (χ2v) is 9.90. The Morgan fingerprint density at radius 1 is 1.08 bits per heavy atom. The number of sulfonamides is 1. The van der Waals surface area contributed by atoms with Crippen molar-refractivity contribution in [2.24, 2.45) is 12.2 Å². The van der Waals surface area contributed by atoms with Gasteiger partial charge in [-0.25, -0.2) is 23.5 Å². The second-order valence-electron chi connectivity index (χ2n) is 8.40. The van der Waals surface area contributed by atoms with Crippen LogP contribution in [0.15, 0.2) is 72.1 Å². The highest BCUT2D eigenvalue weighted by Crippen LogP contribution is 2.41. The zero-order chi connectivity index (χ0) is 27.0. The Kier molecular flexibility index (Phi) is 6.98. The summed E-state index contributed by atoms with van der Waals surface area (Å²) < 4.78 is 72.8. The molecule has 4 rings (SSSR count). The molecule has 0 fully saturated rings. The minimum atomic E-state index is -4.57. The van der Waals surface area contributed by atoms with Gasteiger partial charge in [-0.2, -0.15) is 13.2 Å². The number of aromatic nitrogens is 3. The first-order chi connectivity index (χ1) is 17.4. The van der Waals surface area contributed by atoms with Crippen molar-refractivity contribution in [3.05, 3.63) is 83.9 Å².